The van der Waals surface area contributed by atoms with Crippen molar-refractivity contribution in [1.82, 2.24) is 5.32 Å². The van der Waals surface area contributed by atoms with Crippen molar-refractivity contribution >= 4 is 5.91 Å². The zero-order valence-corrected chi connectivity index (χ0v) is 7.51. The number of nitrogens with one attached hydrogen (secondary N) is 1. The van der Waals surface area contributed by atoms with Gasteiger partial charge in [0.25, 0.3) is 0 Å². The van der Waals surface area contributed by atoms with Crippen molar-refractivity contribution in [2.75, 3.05) is 6.54 Å². The van der Waals surface area contributed by atoms with Crippen LogP contribution in [-0.2, 0) is 4.79 Å². The molecule has 1 atom stereocenters. The van der Waals surface area contributed by atoms with Crippen molar-refractivity contribution in [3.05, 3.63) is 0 Å². The Bertz CT molecular complexity index is 147. The predicted octanol–water partition coefficient (Wildman–Crippen LogP) is 0.784. The van der Waals surface area contributed by atoms with Crippen LogP contribution in [0.3, 0.4) is 0 Å². The third-order valence-electron chi connectivity index (χ3n) is 2.33. The molecule has 1 aliphatic heterocycles. The molecule has 3 nitrogen and oxygen atoms in total. The Morgan fingerprint density at radius 3 is 3.08 bits per heavy atom. The molecule has 1 fully saturated rings. The lowest BCUT2D eigenvalue weighted by atomic mass is 10.1. The van der Waals surface area contributed by atoms with Crippen LogP contribution in [0.4, 0.5) is 0 Å². The molecule has 0 bridgehead atoms. The molecule has 1 aliphatic rings. The molecule has 0 aromatic rings. The number of hydrogen-bond acceptors (Lipinski definition) is 2. The predicted molar refractivity (Wildman–Crippen MR) is 48.7 cm³/mol. The third-order valence-corrected chi connectivity index (χ3v) is 2.33. The molecule has 70 valence electrons. The molecule has 0 aromatic carbocycles. The molecule has 3 heteroatoms. The number of amides is 1. The molecule has 12 heavy (non-hydrogen) atoms. The van der Waals surface area contributed by atoms with E-state index in [0.29, 0.717) is 12.5 Å². The summed E-state index contributed by atoms with van der Waals surface area (Å²) in [5.74, 6) is 0.217. The molecule has 3 N–H and O–H groups in total. The summed E-state index contributed by atoms with van der Waals surface area (Å²) in [6.45, 7) is 0.729. The van der Waals surface area contributed by atoms with Gasteiger partial charge in [-0.3, -0.25) is 4.79 Å². The van der Waals surface area contributed by atoms with Crippen molar-refractivity contribution in [3.63, 3.8) is 0 Å². The molecule has 0 radical (unpaired) electrons. The van der Waals surface area contributed by atoms with E-state index in [1.54, 1.807) is 0 Å². The summed E-state index contributed by atoms with van der Waals surface area (Å²) in [4.78, 5) is 11.1. The first-order valence-electron chi connectivity index (χ1n) is 4.82. The van der Waals surface area contributed by atoms with E-state index < -0.39 is 0 Å². The summed E-state index contributed by atoms with van der Waals surface area (Å²) in [6, 6.07) is 0.392. The number of hydrogen-bond donors (Lipinski definition) is 2. The second-order valence-corrected chi connectivity index (χ2v) is 3.44. The van der Waals surface area contributed by atoms with Crippen LogP contribution < -0.4 is 11.1 Å². The molecule has 0 aromatic heterocycles. The maximum Gasteiger partial charge on any atom is 0.220 e. The van der Waals surface area contributed by atoms with E-state index in [1.165, 1.54) is 6.42 Å². The summed E-state index contributed by atoms with van der Waals surface area (Å²) >= 11 is 0. The molecule has 0 aliphatic carbocycles. The topological polar surface area (TPSA) is 55.1 Å². The number of rotatable bonds is 3. The standard InChI is InChI=1S/C9H18N2O/c10-7-3-5-8-4-1-2-6-9(12)11-8/h8H,1-7,10H2,(H,11,12)/t8-/m0/s1. The Morgan fingerprint density at radius 2 is 2.33 bits per heavy atom. The first-order valence-corrected chi connectivity index (χ1v) is 4.82. The van der Waals surface area contributed by atoms with Crippen molar-refractivity contribution < 1.29 is 4.79 Å². The zero-order chi connectivity index (χ0) is 8.81. The average Bonchev–Trinajstić information content (AvgIpc) is 2.26. The molecule has 1 rings (SSSR count). The lowest BCUT2D eigenvalue weighted by Gasteiger charge is -2.14. The van der Waals surface area contributed by atoms with Crippen LogP contribution in [0.2, 0.25) is 0 Å². The van der Waals surface area contributed by atoms with Crippen molar-refractivity contribution in [1.29, 1.82) is 0 Å². The van der Waals surface area contributed by atoms with Crippen LogP contribution in [0, 0.1) is 0 Å². The lowest BCUT2D eigenvalue weighted by Crippen LogP contribution is -2.33. The molecule has 0 unspecified atom stereocenters. The second-order valence-electron chi connectivity index (χ2n) is 3.44. The average molecular weight is 170 g/mol. The van der Waals surface area contributed by atoms with Crippen molar-refractivity contribution in [2.45, 2.75) is 44.6 Å². The maximum absolute atomic E-state index is 11.1. The fourth-order valence-electron chi connectivity index (χ4n) is 1.63. The largest absolute Gasteiger partial charge is 0.353 e. The maximum atomic E-state index is 11.1. The van der Waals surface area contributed by atoms with Crippen LogP contribution in [0.15, 0.2) is 0 Å². The van der Waals surface area contributed by atoms with Gasteiger partial charge in [0.05, 0.1) is 0 Å². The van der Waals surface area contributed by atoms with Gasteiger partial charge in [-0.1, -0.05) is 6.42 Å². The van der Waals surface area contributed by atoms with E-state index in [9.17, 15) is 4.79 Å². The van der Waals surface area contributed by atoms with Gasteiger partial charge in [-0.25, -0.2) is 0 Å². The highest BCUT2D eigenvalue weighted by Gasteiger charge is 2.14. The first-order chi connectivity index (χ1) is 5.83. The van der Waals surface area contributed by atoms with E-state index in [2.05, 4.69) is 5.32 Å². The number of carbonyl (C=O) groups is 1. The summed E-state index contributed by atoms with van der Waals surface area (Å²) in [5, 5.41) is 3.02. The molecule has 1 heterocycles. The number of carbonyl (C=O) groups excluding carboxylic acids is 1. The van der Waals surface area contributed by atoms with Crippen molar-refractivity contribution in [2.24, 2.45) is 5.73 Å². The van der Waals surface area contributed by atoms with Crippen LogP contribution in [-0.4, -0.2) is 18.5 Å². The highest BCUT2D eigenvalue weighted by atomic mass is 16.1. The Balaban J connectivity index is 2.26. The Labute approximate surface area is 73.7 Å². The highest BCUT2D eigenvalue weighted by Crippen LogP contribution is 2.12. The minimum atomic E-state index is 0.217. The van der Waals surface area contributed by atoms with Gasteiger partial charge < -0.3 is 11.1 Å². The SMILES string of the molecule is NCCC[C@@H]1CCCCC(=O)N1. The first kappa shape index (κ1) is 9.52. The second kappa shape index (κ2) is 5.14. The van der Waals surface area contributed by atoms with Crippen molar-refractivity contribution in [3.8, 4) is 0 Å². The Kier molecular flexibility index (Phi) is 4.08. The summed E-state index contributed by atoms with van der Waals surface area (Å²) in [6.07, 6.45) is 6.12. The Morgan fingerprint density at radius 1 is 1.50 bits per heavy atom. The third kappa shape index (κ3) is 3.22. The Hall–Kier alpha value is -0.570. The van der Waals surface area contributed by atoms with E-state index in [-0.39, 0.29) is 5.91 Å². The normalized spacial score (nSPS) is 24.8. The fourth-order valence-corrected chi connectivity index (χ4v) is 1.63. The van der Waals surface area contributed by atoms with E-state index >= 15 is 0 Å². The molecule has 0 spiro atoms. The van der Waals surface area contributed by atoms with Gasteiger partial charge >= 0.3 is 0 Å². The van der Waals surface area contributed by atoms with Gasteiger partial charge in [0.2, 0.25) is 5.91 Å². The summed E-state index contributed by atoms with van der Waals surface area (Å²) < 4.78 is 0. The van der Waals surface area contributed by atoms with Crippen LogP contribution in [0.25, 0.3) is 0 Å². The monoisotopic (exact) mass is 170 g/mol. The van der Waals surface area contributed by atoms with E-state index in [4.69, 9.17) is 5.73 Å². The fraction of sp³-hybridized carbons (Fsp3) is 0.889. The molecule has 1 amide bonds. The van der Waals surface area contributed by atoms with Gasteiger partial charge in [-0.15, -0.1) is 0 Å². The van der Waals surface area contributed by atoms with Gasteiger partial charge in [0.15, 0.2) is 0 Å². The zero-order valence-electron chi connectivity index (χ0n) is 7.51. The van der Waals surface area contributed by atoms with Gasteiger partial charge in [0, 0.05) is 12.5 Å². The summed E-state index contributed by atoms with van der Waals surface area (Å²) in [7, 11) is 0. The lowest BCUT2D eigenvalue weighted by molar-refractivity contribution is -0.121. The molecular weight excluding hydrogens is 152 g/mol. The summed E-state index contributed by atoms with van der Waals surface area (Å²) in [5.41, 5.74) is 5.41. The van der Waals surface area contributed by atoms with Crippen LogP contribution >= 0.6 is 0 Å². The van der Waals surface area contributed by atoms with Gasteiger partial charge in [0.1, 0.15) is 0 Å². The van der Waals surface area contributed by atoms with Crippen LogP contribution in [0.5, 0.6) is 0 Å². The quantitative estimate of drug-likeness (QED) is 0.657. The molecule has 1 saturated heterocycles. The molecular formula is C9H18N2O. The smallest absolute Gasteiger partial charge is 0.220 e. The van der Waals surface area contributed by atoms with Crippen LogP contribution in [0.1, 0.15) is 38.5 Å². The minimum absolute atomic E-state index is 0.217. The van der Waals surface area contributed by atoms with E-state index in [1.807, 2.05) is 0 Å². The van der Waals surface area contributed by atoms with Gasteiger partial charge in [-0.05, 0) is 32.2 Å². The number of nitrogens with two attached hydrogens (primary N) is 1. The molecule has 0 saturated carbocycles. The van der Waals surface area contributed by atoms with Gasteiger partial charge in [-0.2, -0.15) is 0 Å². The highest BCUT2D eigenvalue weighted by molar-refractivity contribution is 5.76. The van der Waals surface area contributed by atoms with E-state index in [0.717, 1.165) is 32.2 Å². The minimum Gasteiger partial charge on any atom is -0.353 e.